The van der Waals surface area contributed by atoms with E-state index in [9.17, 15) is 9.90 Å². The van der Waals surface area contributed by atoms with E-state index in [-0.39, 0.29) is 11.9 Å². The summed E-state index contributed by atoms with van der Waals surface area (Å²) >= 11 is 0. The number of hydrogen-bond donors (Lipinski definition) is 2. The Bertz CT molecular complexity index is 713. The highest BCUT2D eigenvalue weighted by Crippen LogP contribution is 2.30. The summed E-state index contributed by atoms with van der Waals surface area (Å²) in [6.07, 6.45) is -0.0300. The van der Waals surface area contributed by atoms with Gasteiger partial charge in [-0.1, -0.05) is 48.4 Å². The van der Waals surface area contributed by atoms with Gasteiger partial charge in [0.05, 0.1) is 12.1 Å². The lowest BCUT2D eigenvalue weighted by Crippen LogP contribution is -2.32. The molecule has 0 spiro atoms. The molecule has 0 aliphatic heterocycles. The molecule has 2 aromatic carbocycles. The van der Waals surface area contributed by atoms with Crippen LogP contribution in [0.15, 0.2) is 54.6 Å². The van der Waals surface area contributed by atoms with Crippen LogP contribution in [-0.2, 0) is 11.2 Å². The Morgan fingerprint density at radius 3 is 2.62 bits per heavy atom. The van der Waals surface area contributed by atoms with Gasteiger partial charge in [-0.3, -0.25) is 4.79 Å². The van der Waals surface area contributed by atoms with Crippen LogP contribution in [0.25, 0.3) is 0 Å². The van der Waals surface area contributed by atoms with Crippen LogP contribution in [-0.4, -0.2) is 17.1 Å². The second-order valence-corrected chi connectivity index (χ2v) is 5.04. The molecule has 1 aliphatic carbocycles. The van der Waals surface area contributed by atoms with Crippen molar-refractivity contribution in [2.24, 2.45) is 0 Å². The Morgan fingerprint density at radius 1 is 1.10 bits per heavy atom. The fraction of sp³-hybridized carbons (Fsp3) is 0.167. The molecule has 2 unspecified atom stereocenters. The first-order valence-corrected chi connectivity index (χ1v) is 6.87. The van der Waals surface area contributed by atoms with Gasteiger partial charge in [0.1, 0.15) is 0 Å². The van der Waals surface area contributed by atoms with E-state index in [1.54, 1.807) is 0 Å². The molecule has 1 aliphatic rings. The first-order valence-electron chi connectivity index (χ1n) is 6.87. The summed E-state index contributed by atoms with van der Waals surface area (Å²) in [5.41, 5.74) is 2.84. The average Bonchev–Trinajstić information content (AvgIpc) is 2.82. The molecule has 21 heavy (non-hydrogen) atoms. The van der Waals surface area contributed by atoms with Crippen molar-refractivity contribution in [3.8, 4) is 11.8 Å². The van der Waals surface area contributed by atoms with Crippen molar-refractivity contribution in [3.63, 3.8) is 0 Å². The van der Waals surface area contributed by atoms with E-state index >= 15 is 0 Å². The first kappa shape index (κ1) is 13.4. The molecule has 3 heteroatoms. The topological polar surface area (TPSA) is 49.3 Å². The van der Waals surface area contributed by atoms with Crippen LogP contribution in [0.1, 0.15) is 22.7 Å². The van der Waals surface area contributed by atoms with Gasteiger partial charge in [0.2, 0.25) is 0 Å². The highest BCUT2D eigenvalue weighted by atomic mass is 16.3. The molecule has 104 valence electrons. The van der Waals surface area contributed by atoms with Crippen molar-refractivity contribution >= 4 is 5.91 Å². The molecule has 0 bridgehead atoms. The summed E-state index contributed by atoms with van der Waals surface area (Å²) in [5, 5.41) is 12.9. The quantitative estimate of drug-likeness (QED) is 0.781. The van der Waals surface area contributed by atoms with Gasteiger partial charge in [-0.05, 0) is 23.3 Å². The number of hydrogen-bond acceptors (Lipinski definition) is 2. The van der Waals surface area contributed by atoms with E-state index in [1.165, 1.54) is 0 Å². The van der Waals surface area contributed by atoms with Crippen LogP contribution in [0, 0.1) is 11.8 Å². The smallest absolute Gasteiger partial charge is 0.296 e. The Morgan fingerprint density at radius 2 is 1.81 bits per heavy atom. The van der Waals surface area contributed by atoms with Gasteiger partial charge in [0.15, 0.2) is 0 Å². The largest absolute Gasteiger partial charge is 0.390 e. The zero-order valence-corrected chi connectivity index (χ0v) is 11.4. The van der Waals surface area contributed by atoms with Gasteiger partial charge in [-0.15, -0.1) is 0 Å². The molecule has 0 saturated carbocycles. The molecule has 2 aromatic rings. The third-order valence-electron chi connectivity index (χ3n) is 3.58. The first-order chi connectivity index (χ1) is 10.2. The highest BCUT2D eigenvalue weighted by Gasteiger charge is 2.31. The lowest BCUT2D eigenvalue weighted by atomic mass is 10.1. The van der Waals surface area contributed by atoms with Gasteiger partial charge in [-0.2, -0.15) is 0 Å². The van der Waals surface area contributed by atoms with E-state index in [4.69, 9.17) is 0 Å². The molecular weight excluding hydrogens is 262 g/mol. The molecule has 3 rings (SSSR count). The number of rotatable bonds is 1. The molecule has 2 N–H and O–H groups in total. The van der Waals surface area contributed by atoms with Crippen molar-refractivity contribution in [1.82, 2.24) is 5.32 Å². The average molecular weight is 277 g/mol. The molecule has 0 saturated heterocycles. The van der Waals surface area contributed by atoms with Crippen LogP contribution in [0.5, 0.6) is 0 Å². The summed E-state index contributed by atoms with van der Waals surface area (Å²) in [4.78, 5) is 11.9. The van der Waals surface area contributed by atoms with Crippen molar-refractivity contribution in [2.75, 3.05) is 0 Å². The van der Waals surface area contributed by atoms with E-state index in [1.807, 2.05) is 54.6 Å². The molecule has 0 fully saturated rings. The number of amides is 1. The molecular formula is C18H15NO2. The van der Waals surface area contributed by atoms with Crippen molar-refractivity contribution < 1.29 is 9.90 Å². The standard InChI is InChI=1S/C18H15NO2/c20-16-12-14-8-4-5-9-15(14)18(16)19-17(21)11-10-13-6-2-1-3-7-13/h1-9,16,18,20H,12H2,(H,19,21). The van der Waals surface area contributed by atoms with Gasteiger partial charge in [-0.25, -0.2) is 0 Å². The lowest BCUT2D eigenvalue weighted by molar-refractivity contribution is -0.117. The zero-order chi connectivity index (χ0) is 14.7. The van der Waals surface area contributed by atoms with Crippen LogP contribution in [0.2, 0.25) is 0 Å². The van der Waals surface area contributed by atoms with Gasteiger partial charge >= 0.3 is 0 Å². The summed E-state index contributed by atoms with van der Waals surface area (Å²) in [6.45, 7) is 0. The van der Waals surface area contributed by atoms with Crippen molar-refractivity contribution in [3.05, 3.63) is 71.3 Å². The molecule has 0 radical (unpaired) electrons. The fourth-order valence-corrected chi connectivity index (χ4v) is 2.58. The van der Waals surface area contributed by atoms with Crippen LogP contribution in [0.3, 0.4) is 0 Å². The number of aliphatic hydroxyl groups is 1. The summed E-state index contributed by atoms with van der Waals surface area (Å²) < 4.78 is 0. The zero-order valence-electron chi connectivity index (χ0n) is 11.4. The van der Waals surface area contributed by atoms with Crippen LogP contribution >= 0.6 is 0 Å². The molecule has 3 nitrogen and oxygen atoms in total. The number of fused-ring (bicyclic) bond motifs is 1. The monoisotopic (exact) mass is 277 g/mol. The number of aliphatic hydroxyl groups excluding tert-OH is 1. The number of benzene rings is 2. The minimum absolute atomic E-state index is 0.375. The maximum Gasteiger partial charge on any atom is 0.296 e. The lowest BCUT2D eigenvalue weighted by Gasteiger charge is -2.15. The minimum atomic E-state index is -0.593. The molecule has 0 aromatic heterocycles. The minimum Gasteiger partial charge on any atom is -0.390 e. The third-order valence-corrected chi connectivity index (χ3v) is 3.58. The normalized spacial score (nSPS) is 19.3. The number of nitrogens with one attached hydrogen (secondary N) is 1. The third kappa shape index (κ3) is 2.96. The van der Waals surface area contributed by atoms with Gasteiger partial charge in [0, 0.05) is 17.9 Å². The summed E-state index contributed by atoms with van der Waals surface area (Å²) in [7, 11) is 0. The summed E-state index contributed by atoms with van der Waals surface area (Å²) in [5.74, 6) is 5.00. The SMILES string of the molecule is O=C(C#Cc1ccccc1)NC1c2ccccc2CC1O. The van der Waals surface area contributed by atoms with Gasteiger partial charge in [0.25, 0.3) is 5.91 Å². The maximum atomic E-state index is 11.9. The van der Waals surface area contributed by atoms with Gasteiger partial charge < -0.3 is 10.4 Å². The highest BCUT2D eigenvalue weighted by molar-refractivity contribution is 5.94. The Labute approximate surface area is 123 Å². The fourth-order valence-electron chi connectivity index (χ4n) is 2.58. The van der Waals surface area contributed by atoms with Crippen molar-refractivity contribution in [2.45, 2.75) is 18.6 Å². The molecule has 0 heterocycles. The Kier molecular flexibility index (Phi) is 3.72. The van der Waals surface area contributed by atoms with Crippen LogP contribution < -0.4 is 5.32 Å². The van der Waals surface area contributed by atoms with E-state index in [0.717, 1.165) is 16.7 Å². The Balaban J connectivity index is 1.73. The number of carbonyl (C=O) groups is 1. The predicted octanol–water partition coefficient (Wildman–Crippen LogP) is 1.81. The van der Waals surface area contributed by atoms with E-state index < -0.39 is 6.10 Å². The second-order valence-electron chi connectivity index (χ2n) is 5.04. The number of carbonyl (C=O) groups excluding carboxylic acids is 1. The van der Waals surface area contributed by atoms with E-state index in [2.05, 4.69) is 17.2 Å². The Hall–Kier alpha value is -2.57. The molecule has 2 atom stereocenters. The maximum absolute atomic E-state index is 11.9. The summed E-state index contributed by atoms with van der Waals surface area (Å²) in [6, 6.07) is 16.7. The van der Waals surface area contributed by atoms with Crippen LogP contribution in [0.4, 0.5) is 0 Å². The van der Waals surface area contributed by atoms with E-state index in [0.29, 0.717) is 6.42 Å². The van der Waals surface area contributed by atoms with Crippen molar-refractivity contribution in [1.29, 1.82) is 0 Å². The second kappa shape index (κ2) is 5.82. The molecule has 1 amide bonds. The predicted molar refractivity (Wildman–Crippen MR) is 80.4 cm³/mol.